The highest BCUT2D eigenvalue weighted by molar-refractivity contribution is 9.10. The third-order valence-electron chi connectivity index (χ3n) is 2.42. The standard InChI is InChI=1S/C14H13BrN2OS/c1-10-2-7-13(19-10)9-16-17-14(18)8-11-3-5-12(15)6-4-11/h2-7,9H,8H2,1H3,(H,17,18). The lowest BCUT2D eigenvalue weighted by Gasteiger charge is -2.00. The quantitative estimate of drug-likeness (QED) is 0.673. The van der Waals surface area contributed by atoms with Crippen LogP contribution in [-0.4, -0.2) is 12.1 Å². The second kappa shape index (κ2) is 6.63. The van der Waals surface area contributed by atoms with Crippen molar-refractivity contribution in [3.63, 3.8) is 0 Å². The summed E-state index contributed by atoms with van der Waals surface area (Å²) in [6.45, 7) is 2.04. The van der Waals surface area contributed by atoms with Gasteiger partial charge >= 0.3 is 0 Å². The highest BCUT2D eigenvalue weighted by atomic mass is 79.9. The molecule has 0 aliphatic heterocycles. The van der Waals surface area contributed by atoms with E-state index in [2.05, 4.69) is 26.5 Å². The molecule has 19 heavy (non-hydrogen) atoms. The number of carbonyl (C=O) groups is 1. The molecule has 0 aliphatic rings. The lowest BCUT2D eigenvalue weighted by atomic mass is 10.1. The first-order chi connectivity index (χ1) is 9.13. The van der Waals surface area contributed by atoms with E-state index < -0.39 is 0 Å². The van der Waals surface area contributed by atoms with E-state index in [9.17, 15) is 4.79 Å². The van der Waals surface area contributed by atoms with E-state index in [1.807, 2.05) is 43.3 Å². The normalized spacial score (nSPS) is 10.8. The topological polar surface area (TPSA) is 41.5 Å². The molecule has 0 spiro atoms. The number of hydrazone groups is 1. The summed E-state index contributed by atoms with van der Waals surface area (Å²) < 4.78 is 1.00. The Morgan fingerprint density at radius 1 is 1.32 bits per heavy atom. The third kappa shape index (κ3) is 4.61. The van der Waals surface area contributed by atoms with Crippen LogP contribution in [0.1, 0.15) is 15.3 Å². The molecule has 0 saturated carbocycles. The Morgan fingerprint density at radius 2 is 2.05 bits per heavy atom. The van der Waals surface area contributed by atoms with Crippen LogP contribution in [0.4, 0.5) is 0 Å². The maximum absolute atomic E-state index is 11.7. The van der Waals surface area contributed by atoms with E-state index in [1.54, 1.807) is 17.6 Å². The second-order valence-electron chi connectivity index (χ2n) is 4.04. The molecule has 0 bridgehead atoms. The van der Waals surface area contributed by atoms with Gasteiger partial charge in [-0.1, -0.05) is 28.1 Å². The molecule has 1 aromatic carbocycles. The molecule has 5 heteroatoms. The van der Waals surface area contributed by atoms with Gasteiger partial charge in [0.15, 0.2) is 0 Å². The molecule has 0 saturated heterocycles. The van der Waals surface area contributed by atoms with Crippen molar-refractivity contribution in [2.24, 2.45) is 5.10 Å². The molecule has 2 aromatic rings. The van der Waals surface area contributed by atoms with Crippen LogP contribution in [0.2, 0.25) is 0 Å². The van der Waals surface area contributed by atoms with Crippen molar-refractivity contribution in [3.05, 3.63) is 56.2 Å². The Labute approximate surface area is 124 Å². The number of carbonyl (C=O) groups excluding carboxylic acids is 1. The molecule has 2 rings (SSSR count). The number of amides is 1. The maximum Gasteiger partial charge on any atom is 0.244 e. The summed E-state index contributed by atoms with van der Waals surface area (Å²) in [5, 5.41) is 3.95. The van der Waals surface area contributed by atoms with E-state index in [1.165, 1.54) is 4.88 Å². The molecule has 0 aliphatic carbocycles. The number of thiophene rings is 1. The lowest BCUT2D eigenvalue weighted by molar-refractivity contribution is -0.120. The number of halogens is 1. The largest absolute Gasteiger partial charge is 0.273 e. The summed E-state index contributed by atoms with van der Waals surface area (Å²) in [6.07, 6.45) is 1.99. The fourth-order valence-corrected chi connectivity index (χ4v) is 2.53. The van der Waals surface area contributed by atoms with E-state index in [0.717, 1.165) is 14.9 Å². The highest BCUT2D eigenvalue weighted by Gasteiger charge is 2.01. The first-order valence-electron chi connectivity index (χ1n) is 5.76. The molecule has 0 fully saturated rings. The summed E-state index contributed by atoms with van der Waals surface area (Å²) in [6, 6.07) is 11.7. The van der Waals surface area contributed by atoms with Gasteiger partial charge in [-0.3, -0.25) is 4.79 Å². The van der Waals surface area contributed by atoms with Crippen LogP contribution in [0.15, 0.2) is 46.0 Å². The number of hydrogen-bond donors (Lipinski definition) is 1. The van der Waals surface area contributed by atoms with Crippen molar-refractivity contribution in [1.29, 1.82) is 0 Å². The van der Waals surface area contributed by atoms with Gasteiger partial charge in [0.2, 0.25) is 5.91 Å². The van der Waals surface area contributed by atoms with Crippen molar-refractivity contribution in [2.75, 3.05) is 0 Å². The predicted molar refractivity (Wildman–Crippen MR) is 82.6 cm³/mol. The van der Waals surface area contributed by atoms with Crippen molar-refractivity contribution < 1.29 is 4.79 Å². The first-order valence-corrected chi connectivity index (χ1v) is 7.37. The highest BCUT2D eigenvalue weighted by Crippen LogP contribution is 2.12. The Kier molecular flexibility index (Phi) is 4.87. The van der Waals surface area contributed by atoms with Crippen molar-refractivity contribution in [3.8, 4) is 0 Å². The molecule has 1 amide bonds. The summed E-state index contributed by atoms with van der Waals surface area (Å²) in [7, 11) is 0. The SMILES string of the molecule is Cc1ccc(C=NNC(=O)Cc2ccc(Br)cc2)s1. The lowest BCUT2D eigenvalue weighted by Crippen LogP contribution is -2.19. The minimum absolute atomic E-state index is 0.119. The molecular formula is C14H13BrN2OS. The number of aryl methyl sites for hydroxylation is 1. The molecular weight excluding hydrogens is 324 g/mol. The molecule has 98 valence electrons. The van der Waals surface area contributed by atoms with E-state index in [0.29, 0.717) is 6.42 Å². The van der Waals surface area contributed by atoms with E-state index in [4.69, 9.17) is 0 Å². The zero-order chi connectivity index (χ0) is 13.7. The number of nitrogens with one attached hydrogen (secondary N) is 1. The zero-order valence-electron chi connectivity index (χ0n) is 10.4. The van der Waals surface area contributed by atoms with Gasteiger partial charge in [0.05, 0.1) is 12.6 Å². The Morgan fingerprint density at radius 3 is 2.68 bits per heavy atom. The summed E-state index contributed by atoms with van der Waals surface area (Å²) in [5.41, 5.74) is 3.49. The summed E-state index contributed by atoms with van der Waals surface area (Å²) in [4.78, 5) is 13.9. The Hall–Kier alpha value is -1.46. The molecule has 0 atom stereocenters. The van der Waals surface area contributed by atoms with E-state index >= 15 is 0 Å². The third-order valence-corrected chi connectivity index (χ3v) is 3.88. The fourth-order valence-electron chi connectivity index (χ4n) is 1.52. The first kappa shape index (κ1) is 14.0. The number of hydrogen-bond acceptors (Lipinski definition) is 3. The number of benzene rings is 1. The fraction of sp³-hybridized carbons (Fsp3) is 0.143. The number of rotatable bonds is 4. The smallest absolute Gasteiger partial charge is 0.244 e. The average molecular weight is 337 g/mol. The molecule has 3 nitrogen and oxygen atoms in total. The van der Waals surface area contributed by atoms with Crippen LogP contribution >= 0.6 is 27.3 Å². The van der Waals surface area contributed by atoms with Gasteiger partial charge in [-0.05, 0) is 36.8 Å². The zero-order valence-corrected chi connectivity index (χ0v) is 12.8. The van der Waals surface area contributed by atoms with E-state index in [-0.39, 0.29) is 5.91 Å². The summed E-state index contributed by atoms with van der Waals surface area (Å²) in [5.74, 6) is -0.119. The van der Waals surface area contributed by atoms with Crippen LogP contribution in [0, 0.1) is 6.92 Å². The molecule has 1 heterocycles. The second-order valence-corrected chi connectivity index (χ2v) is 6.28. The average Bonchev–Trinajstić information content (AvgIpc) is 2.78. The summed E-state index contributed by atoms with van der Waals surface area (Å²) >= 11 is 5.00. The molecule has 1 N–H and O–H groups in total. The monoisotopic (exact) mass is 336 g/mol. The number of nitrogens with zero attached hydrogens (tertiary/aromatic N) is 1. The predicted octanol–water partition coefficient (Wildman–Crippen LogP) is 3.51. The van der Waals surface area contributed by atoms with Crippen LogP contribution in [-0.2, 0) is 11.2 Å². The van der Waals surface area contributed by atoms with Crippen molar-refractivity contribution >= 4 is 39.4 Å². The van der Waals surface area contributed by atoms with Crippen LogP contribution in [0.25, 0.3) is 0 Å². The van der Waals surface area contributed by atoms with Gasteiger partial charge in [-0.2, -0.15) is 5.10 Å². The van der Waals surface area contributed by atoms with Gasteiger partial charge < -0.3 is 0 Å². The van der Waals surface area contributed by atoms with Gasteiger partial charge in [-0.25, -0.2) is 5.43 Å². The minimum atomic E-state index is -0.119. The van der Waals surface area contributed by atoms with Gasteiger partial charge in [0, 0.05) is 14.2 Å². The van der Waals surface area contributed by atoms with Crippen LogP contribution < -0.4 is 5.43 Å². The van der Waals surface area contributed by atoms with Crippen molar-refractivity contribution in [2.45, 2.75) is 13.3 Å². The Balaban J connectivity index is 1.84. The molecule has 1 aromatic heterocycles. The van der Waals surface area contributed by atoms with Gasteiger partial charge in [0.25, 0.3) is 0 Å². The maximum atomic E-state index is 11.7. The van der Waals surface area contributed by atoms with Crippen LogP contribution in [0.3, 0.4) is 0 Å². The van der Waals surface area contributed by atoms with Crippen LogP contribution in [0.5, 0.6) is 0 Å². The molecule has 0 radical (unpaired) electrons. The molecule has 0 unspecified atom stereocenters. The van der Waals surface area contributed by atoms with Gasteiger partial charge in [-0.15, -0.1) is 11.3 Å². The Bertz CT molecular complexity index is 590. The van der Waals surface area contributed by atoms with Gasteiger partial charge in [0.1, 0.15) is 0 Å². The van der Waals surface area contributed by atoms with Crippen molar-refractivity contribution in [1.82, 2.24) is 5.43 Å². The minimum Gasteiger partial charge on any atom is -0.273 e.